The van der Waals surface area contributed by atoms with Crippen molar-refractivity contribution in [2.45, 2.75) is 24.5 Å². The van der Waals surface area contributed by atoms with Gasteiger partial charge in [0.1, 0.15) is 0 Å². The minimum atomic E-state index is -0.841. The number of methoxy groups -OCH3 is 1. The zero-order valence-electron chi connectivity index (χ0n) is 8.17. The van der Waals surface area contributed by atoms with Crippen molar-refractivity contribution in [3.8, 4) is 0 Å². The predicted octanol–water partition coefficient (Wildman–Crippen LogP) is -2.39. The van der Waals surface area contributed by atoms with E-state index < -0.39 is 30.5 Å². The second-order valence-corrected chi connectivity index (χ2v) is 3.43. The second kappa shape index (κ2) is 5.01. The van der Waals surface area contributed by atoms with E-state index in [1.165, 1.54) is 7.11 Å². The highest BCUT2D eigenvalue weighted by molar-refractivity contribution is 4.91. The molecule has 1 heterocycles. The van der Waals surface area contributed by atoms with Crippen molar-refractivity contribution in [3.05, 3.63) is 0 Å². The summed E-state index contributed by atoms with van der Waals surface area (Å²) in [5.41, 5.74) is 11.2. The number of nitrogens with two attached hydrogens (primary N) is 2. The van der Waals surface area contributed by atoms with Gasteiger partial charge in [-0.25, -0.2) is 0 Å². The van der Waals surface area contributed by atoms with Crippen LogP contribution in [0.1, 0.15) is 0 Å². The van der Waals surface area contributed by atoms with E-state index in [2.05, 4.69) is 0 Å². The highest BCUT2D eigenvalue weighted by atomic mass is 16.7. The molecule has 0 amide bonds. The quantitative estimate of drug-likeness (QED) is 0.410. The molecule has 0 saturated carbocycles. The van der Waals surface area contributed by atoms with E-state index in [-0.39, 0.29) is 13.2 Å². The lowest BCUT2D eigenvalue weighted by molar-refractivity contribution is -0.239. The fraction of sp³-hybridized carbons (Fsp3) is 1.00. The van der Waals surface area contributed by atoms with Gasteiger partial charge >= 0.3 is 0 Å². The molecular weight excluding hydrogens is 188 g/mol. The van der Waals surface area contributed by atoms with Crippen LogP contribution in [-0.2, 0) is 9.47 Å². The summed E-state index contributed by atoms with van der Waals surface area (Å²) in [5.74, 6) is -0.456. The van der Waals surface area contributed by atoms with Crippen molar-refractivity contribution in [2.75, 3.05) is 20.3 Å². The average Bonchev–Trinajstić information content (AvgIpc) is 2.19. The van der Waals surface area contributed by atoms with Crippen LogP contribution in [0.15, 0.2) is 0 Å². The number of hydrogen-bond donors (Lipinski definition) is 4. The van der Waals surface area contributed by atoms with Gasteiger partial charge in [0.25, 0.3) is 0 Å². The number of rotatable bonds is 3. The Balaban J connectivity index is 2.72. The van der Waals surface area contributed by atoms with E-state index in [1.54, 1.807) is 0 Å². The molecule has 0 aromatic heterocycles. The maximum atomic E-state index is 9.71. The van der Waals surface area contributed by atoms with Crippen LogP contribution in [-0.4, -0.2) is 55.0 Å². The van der Waals surface area contributed by atoms with E-state index in [0.717, 1.165) is 0 Å². The number of aliphatic hydroxyl groups excluding tert-OH is 2. The van der Waals surface area contributed by atoms with Crippen LogP contribution in [0.2, 0.25) is 0 Å². The topological polar surface area (TPSA) is 111 Å². The van der Waals surface area contributed by atoms with Gasteiger partial charge in [-0.1, -0.05) is 0 Å². The molecule has 1 aliphatic heterocycles. The standard InChI is InChI=1S/C8H18N2O4/c1-13-8-6(10)4(3-11)7(12)5(2-9)14-8/h4-8,11-12H,2-3,9-10H2,1H3/t4?,5?,6?,7-,8-/m0/s1. The Hall–Kier alpha value is -0.240. The molecule has 5 atom stereocenters. The molecule has 1 saturated heterocycles. The molecule has 3 unspecified atom stereocenters. The molecule has 6 heteroatoms. The van der Waals surface area contributed by atoms with Crippen LogP contribution in [0.5, 0.6) is 0 Å². The fourth-order valence-electron chi connectivity index (χ4n) is 1.69. The largest absolute Gasteiger partial charge is 0.396 e. The molecule has 0 aromatic carbocycles. The zero-order chi connectivity index (χ0) is 10.7. The molecule has 0 spiro atoms. The van der Waals surface area contributed by atoms with E-state index in [4.69, 9.17) is 26.0 Å². The number of hydrogen-bond acceptors (Lipinski definition) is 6. The number of aliphatic hydroxyl groups is 2. The number of ether oxygens (including phenoxy) is 2. The zero-order valence-corrected chi connectivity index (χ0v) is 8.17. The molecule has 1 aliphatic rings. The first-order chi connectivity index (χ1) is 6.65. The highest BCUT2D eigenvalue weighted by Crippen LogP contribution is 2.24. The van der Waals surface area contributed by atoms with Crippen molar-refractivity contribution >= 4 is 0 Å². The minimum Gasteiger partial charge on any atom is -0.396 e. The third-order valence-corrected chi connectivity index (χ3v) is 2.61. The average molecular weight is 206 g/mol. The first-order valence-electron chi connectivity index (χ1n) is 4.58. The van der Waals surface area contributed by atoms with Crippen LogP contribution in [0, 0.1) is 5.92 Å². The minimum absolute atomic E-state index is 0.171. The summed E-state index contributed by atoms with van der Waals surface area (Å²) in [6.45, 7) is -0.0354. The maximum absolute atomic E-state index is 9.71. The highest BCUT2D eigenvalue weighted by Gasteiger charge is 2.42. The molecule has 84 valence electrons. The van der Waals surface area contributed by atoms with Crippen LogP contribution >= 0.6 is 0 Å². The Kier molecular flexibility index (Phi) is 4.24. The predicted molar refractivity (Wildman–Crippen MR) is 49.3 cm³/mol. The van der Waals surface area contributed by atoms with Crippen LogP contribution < -0.4 is 11.5 Å². The summed E-state index contributed by atoms with van der Waals surface area (Å²) in [4.78, 5) is 0. The van der Waals surface area contributed by atoms with Crippen molar-refractivity contribution in [1.29, 1.82) is 0 Å². The van der Waals surface area contributed by atoms with Crippen LogP contribution in [0.25, 0.3) is 0 Å². The van der Waals surface area contributed by atoms with Gasteiger partial charge in [0.15, 0.2) is 6.29 Å². The fourth-order valence-corrected chi connectivity index (χ4v) is 1.69. The lowest BCUT2D eigenvalue weighted by Crippen LogP contribution is -2.61. The van der Waals surface area contributed by atoms with Gasteiger partial charge in [-0.15, -0.1) is 0 Å². The van der Waals surface area contributed by atoms with E-state index >= 15 is 0 Å². The van der Waals surface area contributed by atoms with Gasteiger partial charge in [-0.3, -0.25) is 0 Å². The van der Waals surface area contributed by atoms with E-state index in [1.807, 2.05) is 0 Å². The summed E-state index contributed by atoms with van der Waals surface area (Å²) in [6, 6.07) is -0.539. The SMILES string of the molecule is CO[C@H]1OC(CN)[C@@H](O)C(CO)C1N. The van der Waals surface area contributed by atoms with Crippen molar-refractivity contribution in [3.63, 3.8) is 0 Å². The molecule has 6 nitrogen and oxygen atoms in total. The van der Waals surface area contributed by atoms with Gasteiger partial charge in [0.2, 0.25) is 0 Å². The van der Waals surface area contributed by atoms with Gasteiger partial charge in [-0.2, -0.15) is 0 Å². The normalized spacial score (nSPS) is 43.9. The lowest BCUT2D eigenvalue weighted by atomic mass is 9.88. The third kappa shape index (κ3) is 2.05. The second-order valence-electron chi connectivity index (χ2n) is 3.43. The first kappa shape index (κ1) is 11.8. The molecule has 0 bridgehead atoms. The molecule has 0 aliphatic carbocycles. The third-order valence-electron chi connectivity index (χ3n) is 2.61. The summed E-state index contributed by atoms with van der Waals surface area (Å²) in [6.07, 6.45) is -1.99. The first-order valence-corrected chi connectivity index (χ1v) is 4.58. The summed E-state index contributed by atoms with van der Waals surface area (Å²) >= 11 is 0. The molecular formula is C8H18N2O4. The van der Waals surface area contributed by atoms with Gasteiger partial charge < -0.3 is 31.2 Å². The van der Waals surface area contributed by atoms with Crippen molar-refractivity contribution in [2.24, 2.45) is 17.4 Å². The molecule has 0 radical (unpaired) electrons. The molecule has 6 N–H and O–H groups in total. The van der Waals surface area contributed by atoms with Crippen LogP contribution in [0.4, 0.5) is 0 Å². The Bertz CT molecular complexity index is 165. The van der Waals surface area contributed by atoms with Gasteiger partial charge in [0.05, 0.1) is 24.9 Å². The van der Waals surface area contributed by atoms with E-state index in [0.29, 0.717) is 0 Å². The molecule has 14 heavy (non-hydrogen) atoms. The maximum Gasteiger partial charge on any atom is 0.173 e. The Labute approximate surface area is 82.8 Å². The Morgan fingerprint density at radius 1 is 1.50 bits per heavy atom. The summed E-state index contributed by atoms with van der Waals surface area (Å²) in [5, 5.41) is 18.8. The summed E-state index contributed by atoms with van der Waals surface area (Å²) < 4.78 is 10.3. The Morgan fingerprint density at radius 2 is 2.14 bits per heavy atom. The molecule has 1 fully saturated rings. The summed E-state index contributed by atoms with van der Waals surface area (Å²) in [7, 11) is 1.46. The Morgan fingerprint density at radius 3 is 2.57 bits per heavy atom. The van der Waals surface area contributed by atoms with Gasteiger partial charge in [-0.05, 0) is 0 Å². The van der Waals surface area contributed by atoms with Crippen molar-refractivity contribution in [1.82, 2.24) is 0 Å². The smallest absolute Gasteiger partial charge is 0.173 e. The van der Waals surface area contributed by atoms with E-state index in [9.17, 15) is 5.11 Å². The monoisotopic (exact) mass is 206 g/mol. The lowest BCUT2D eigenvalue weighted by Gasteiger charge is -2.41. The van der Waals surface area contributed by atoms with Crippen molar-refractivity contribution < 1.29 is 19.7 Å². The van der Waals surface area contributed by atoms with Gasteiger partial charge in [0, 0.05) is 19.6 Å². The molecule has 0 aromatic rings. The molecule has 1 rings (SSSR count). The van der Waals surface area contributed by atoms with Crippen LogP contribution in [0.3, 0.4) is 0 Å².